The van der Waals surface area contributed by atoms with Crippen LogP contribution in [0.5, 0.6) is 0 Å². The number of amides is 1. The van der Waals surface area contributed by atoms with E-state index in [1.807, 2.05) is 29.6 Å². The number of aromatic amines is 1. The Hall–Kier alpha value is -2.93. The molecule has 1 amide bonds. The number of benzene rings is 1. The number of rotatable bonds is 6. The first-order chi connectivity index (χ1) is 12.9. The number of hydrogen-bond acceptors (Lipinski definition) is 4. The molecule has 0 aliphatic heterocycles. The maximum Gasteiger partial charge on any atom is 0.328 e. The predicted octanol–water partition coefficient (Wildman–Crippen LogP) is 2.63. The van der Waals surface area contributed by atoms with Crippen molar-refractivity contribution in [1.82, 2.24) is 14.9 Å². The highest BCUT2D eigenvalue weighted by atomic mass is 32.1. The van der Waals surface area contributed by atoms with E-state index < -0.39 is 11.2 Å². The van der Waals surface area contributed by atoms with E-state index in [2.05, 4.69) is 36.3 Å². The fourth-order valence-corrected chi connectivity index (χ4v) is 3.58. The van der Waals surface area contributed by atoms with E-state index >= 15 is 0 Å². The molecule has 0 saturated carbocycles. The van der Waals surface area contributed by atoms with E-state index in [0.29, 0.717) is 5.92 Å². The van der Waals surface area contributed by atoms with Crippen molar-refractivity contribution in [2.75, 3.05) is 0 Å². The van der Waals surface area contributed by atoms with Crippen molar-refractivity contribution < 1.29 is 4.79 Å². The van der Waals surface area contributed by atoms with Crippen LogP contribution in [-0.4, -0.2) is 15.5 Å². The van der Waals surface area contributed by atoms with Crippen molar-refractivity contribution in [3.05, 3.63) is 90.9 Å². The molecule has 0 fully saturated rings. The second kappa shape index (κ2) is 8.18. The Morgan fingerprint density at radius 2 is 1.81 bits per heavy atom. The van der Waals surface area contributed by atoms with E-state index in [9.17, 15) is 14.4 Å². The number of thiophene rings is 1. The number of nitrogens with zero attached hydrogens (tertiary/aromatic N) is 1. The van der Waals surface area contributed by atoms with E-state index in [4.69, 9.17) is 0 Å². The molecular weight excluding hydrogens is 362 g/mol. The second-order valence-electron chi connectivity index (χ2n) is 6.58. The highest BCUT2D eigenvalue weighted by Gasteiger charge is 2.18. The number of hydrogen-bond donors (Lipinski definition) is 2. The molecule has 1 aromatic carbocycles. The fraction of sp³-hybridized carbons (Fsp3) is 0.250. The summed E-state index contributed by atoms with van der Waals surface area (Å²) in [7, 11) is 0. The van der Waals surface area contributed by atoms with Gasteiger partial charge in [-0.15, -0.1) is 11.3 Å². The number of H-pyrrole nitrogens is 1. The van der Waals surface area contributed by atoms with Crippen molar-refractivity contribution in [3.8, 4) is 0 Å². The zero-order valence-electron chi connectivity index (χ0n) is 15.1. The van der Waals surface area contributed by atoms with Gasteiger partial charge in [-0.2, -0.15) is 0 Å². The first-order valence-electron chi connectivity index (χ1n) is 8.66. The van der Waals surface area contributed by atoms with Crippen LogP contribution < -0.4 is 16.6 Å². The molecule has 2 N–H and O–H groups in total. The Morgan fingerprint density at radius 1 is 1.11 bits per heavy atom. The van der Waals surface area contributed by atoms with Crippen molar-refractivity contribution in [2.24, 2.45) is 0 Å². The summed E-state index contributed by atoms with van der Waals surface area (Å²) in [4.78, 5) is 38.6. The summed E-state index contributed by atoms with van der Waals surface area (Å²) in [6, 6.07) is 13.0. The van der Waals surface area contributed by atoms with Gasteiger partial charge in [-0.3, -0.25) is 19.1 Å². The Labute approximate surface area is 160 Å². The van der Waals surface area contributed by atoms with Gasteiger partial charge >= 0.3 is 5.69 Å². The Balaban J connectivity index is 1.82. The minimum Gasteiger partial charge on any atom is -0.343 e. The molecule has 0 saturated heterocycles. The van der Waals surface area contributed by atoms with Gasteiger partial charge in [0.05, 0.1) is 6.04 Å². The minimum absolute atomic E-state index is 0.165. The molecule has 7 heteroatoms. The standard InChI is InChI=1S/C20H21N3O3S/c1-13(2)14-5-7-15(8-6-14)19(16-4-3-11-27-16)21-18(25)12-23-10-9-17(24)22-20(23)26/h3-11,13,19H,12H2,1-2H3,(H,21,25)(H,22,24,26)/t19-/m1/s1. The van der Waals surface area contributed by atoms with Crippen LogP contribution in [0.1, 0.15) is 41.8 Å². The molecular formula is C20H21N3O3S. The van der Waals surface area contributed by atoms with Crippen molar-refractivity contribution in [3.63, 3.8) is 0 Å². The molecule has 0 aliphatic carbocycles. The van der Waals surface area contributed by atoms with E-state index in [1.165, 1.54) is 22.4 Å². The lowest BCUT2D eigenvalue weighted by Crippen LogP contribution is -2.37. The van der Waals surface area contributed by atoms with Crippen LogP contribution >= 0.6 is 11.3 Å². The van der Waals surface area contributed by atoms with Gasteiger partial charge in [0.1, 0.15) is 6.54 Å². The molecule has 6 nitrogen and oxygen atoms in total. The zero-order valence-corrected chi connectivity index (χ0v) is 16.0. The highest BCUT2D eigenvalue weighted by molar-refractivity contribution is 7.10. The van der Waals surface area contributed by atoms with Gasteiger partial charge in [0, 0.05) is 17.1 Å². The average Bonchev–Trinajstić information content (AvgIpc) is 3.16. The topological polar surface area (TPSA) is 84.0 Å². The second-order valence-corrected chi connectivity index (χ2v) is 7.55. The first kappa shape index (κ1) is 18.8. The third-order valence-electron chi connectivity index (χ3n) is 4.28. The molecule has 0 bridgehead atoms. The summed E-state index contributed by atoms with van der Waals surface area (Å²) >= 11 is 1.56. The molecule has 2 aromatic heterocycles. The third kappa shape index (κ3) is 4.62. The Bertz CT molecular complexity index is 1020. The molecule has 140 valence electrons. The van der Waals surface area contributed by atoms with Gasteiger partial charge < -0.3 is 5.32 Å². The molecule has 1 atom stereocenters. The SMILES string of the molecule is CC(C)c1ccc([C@@H](NC(=O)Cn2ccc(=O)[nH]c2=O)c2cccs2)cc1. The molecule has 0 aliphatic rings. The third-order valence-corrected chi connectivity index (χ3v) is 5.22. The fourth-order valence-electron chi connectivity index (χ4n) is 2.78. The lowest BCUT2D eigenvalue weighted by molar-refractivity contribution is -0.122. The zero-order chi connectivity index (χ0) is 19.4. The molecule has 3 rings (SSSR count). The Morgan fingerprint density at radius 3 is 2.41 bits per heavy atom. The number of carbonyl (C=O) groups excluding carboxylic acids is 1. The van der Waals surface area contributed by atoms with E-state index in [1.54, 1.807) is 11.3 Å². The summed E-state index contributed by atoms with van der Waals surface area (Å²) in [5.74, 6) is 0.122. The van der Waals surface area contributed by atoms with Crippen LogP contribution in [0.3, 0.4) is 0 Å². The van der Waals surface area contributed by atoms with Crippen molar-refractivity contribution in [2.45, 2.75) is 32.4 Å². The van der Waals surface area contributed by atoms with Crippen LogP contribution in [0.4, 0.5) is 0 Å². The number of carbonyl (C=O) groups is 1. The maximum atomic E-state index is 12.5. The minimum atomic E-state index is -0.605. The molecule has 27 heavy (non-hydrogen) atoms. The van der Waals surface area contributed by atoms with E-state index in [0.717, 1.165) is 10.4 Å². The molecule has 2 heterocycles. The first-order valence-corrected chi connectivity index (χ1v) is 9.54. The van der Waals surface area contributed by atoms with Crippen LogP contribution in [0.25, 0.3) is 0 Å². The quantitative estimate of drug-likeness (QED) is 0.686. The van der Waals surface area contributed by atoms with Gasteiger partial charge in [0.2, 0.25) is 5.91 Å². The monoisotopic (exact) mass is 383 g/mol. The Kier molecular flexibility index (Phi) is 5.71. The molecule has 0 radical (unpaired) electrons. The lowest BCUT2D eigenvalue weighted by atomic mass is 9.98. The predicted molar refractivity (Wildman–Crippen MR) is 106 cm³/mol. The summed E-state index contributed by atoms with van der Waals surface area (Å²) < 4.78 is 1.17. The molecule has 0 unspecified atom stereocenters. The summed E-state index contributed by atoms with van der Waals surface area (Å²) in [5.41, 5.74) is 1.11. The van der Waals surface area contributed by atoms with Gasteiger partial charge in [0.15, 0.2) is 0 Å². The van der Waals surface area contributed by atoms with E-state index in [-0.39, 0.29) is 18.5 Å². The van der Waals surface area contributed by atoms with Gasteiger partial charge in [-0.25, -0.2) is 4.79 Å². The van der Waals surface area contributed by atoms with Gasteiger partial charge in [-0.1, -0.05) is 44.2 Å². The van der Waals surface area contributed by atoms with Crippen LogP contribution in [0, 0.1) is 0 Å². The number of aromatic nitrogens is 2. The summed E-state index contributed by atoms with van der Waals surface area (Å²) in [6.45, 7) is 4.10. The normalized spacial score (nSPS) is 12.1. The molecule has 0 spiro atoms. The summed E-state index contributed by atoms with van der Waals surface area (Å²) in [5, 5.41) is 4.96. The van der Waals surface area contributed by atoms with Crippen LogP contribution in [0.2, 0.25) is 0 Å². The largest absolute Gasteiger partial charge is 0.343 e. The van der Waals surface area contributed by atoms with Crippen molar-refractivity contribution in [1.29, 1.82) is 0 Å². The van der Waals surface area contributed by atoms with Gasteiger partial charge in [-0.05, 0) is 28.5 Å². The highest BCUT2D eigenvalue weighted by Crippen LogP contribution is 2.27. The average molecular weight is 383 g/mol. The smallest absolute Gasteiger partial charge is 0.328 e. The van der Waals surface area contributed by atoms with Crippen LogP contribution in [-0.2, 0) is 11.3 Å². The summed E-state index contributed by atoms with van der Waals surface area (Å²) in [6.07, 6.45) is 1.32. The lowest BCUT2D eigenvalue weighted by Gasteiger charge is -2.19. The number of nitrogens with one attached hydrogen (secondary N) is 2. The van der Waals surface area contributed by atoms with Crippen molar-refractivity contribution >= 4 is 17.2 Å². The van der Waals surface area contributed by atoms with Gasteiger partial charge in [0.25, 0.3) is 5.56 Å². The van der Waals surface area contributed by atoms with Crippen LogP contribution in [0.15, 0.2) is 63.6 Å². The maximum absolute atomic E-state index is 12.5. The molecule has 3 aromatic rings.